The smallest absolute Gasteiger partial charge is 0.208 e. The Morgan fingerprint density at radius 3 is 2.78 bits per heavy atom. The number of aryl methyl sites for hydroxylation is 1. The van der Waals surface area contributed by atoms with Gasteiger partial charge < -0.3 is 9.88 Å². The molecule has 0 atom stereocenters. The molecule has 2 aromatic rings. The van der Waals surface area contributed by atoms with Crippen LogP contribution in [0.25, 0.3) is 0 Å². The van der Waals surface area contributed by atoms with Gasteiger partial charge in [0.25, 0.3) is 0 Å². The summed E-state index contributed by atoms with van der Waals surface area (Å²) in [4.78, 5) is 4.40. The van der Waals surface area contributed by atoms with E-state index in [1.165, 1.54) is 32.1 Å². The maximum atomic E-state index is 4.40. The van der Waals surface area contributed by atoms with E-state index in [9.17, 15) is 0 Å². The van der Waals surface area contributed by atoms with Crippen molar-refractivity contribution in [1.29, 1.82) is 0 Å². The second-order valence-corrected chi connectivity index (χ2v) is 4.95. The Kier molecular flexibility index (Phi) is 3.04. The number of nitrogens with one attached hydrogen (secondary N) is 1. The summed E-state index contributed by atoms with van der Waals surface area (Å²) in [6.45, 7) is 0. The van der Waals surface area contributed by atoms with E-state index in [0.717, 1.165) is 11.8 Å². The first-order chi connectivity index (χ1) is 8.83. The molecule has 0 spiro atoms. The first kappa shape index (κ1) is 11.3. The van der Waals surface area contributed by atoms with Gasteiger partial charge in [0.15, 0.2) is 5.82 Å². The SMILES string of the molecule is Cn1ccc(Nc2nccn2C2CCCCC2)n1. The van der Waals surface area contributed by atoms with Gasteiger partial charge in [0, 0.05) is 37.7 Å². The Labute approximate surface area is 107 Å². The average molecular weight is 245 g/mol. The van der Waals surface area contributed by atoms with Gasteiger partial charge in [0.1, 0.15) is 0 Å². The highest BCUT2D eigenvalue weighted by molar-refractivity contribution is 5.47. The number of imidazole rings is 1. The summed E-state index contributed by atoms with van der Waals surface area (Å²) in [5.74, 6) is 1.75. The van der Waals surface area contributed by atoms with Crippen LogP contribution in [-0.4, -0.2) is 19.3 Å². The van der Waals surface area contributed by atoms with Crippen molar-refractivity contribution in [3.63, 3.8) is 0 Å². The average Bonchev–Trinajstić information content (AvgIpc) is 3.00. The van der Waals surface area contributed by atoms with Gasteiger partial charge in [-0.15, -0.1) is 0 Å². The Hall–Kier alpha value is -1.78. The summed E-state index contributed by atoms with van der Waals surface area (Å²) in [6.07, 6.45) is 12.4. The topological polar surface area (TPSA) is 47.7 Å². The molecule has 3 rings (SSSR count). The molecule has 1 aliphatic carbocycles. The minimum Gasteiger partial charge on any atom is -0.314 e. The van der Waals surface area contributed by atoms with Crippen LogP contribution < -0.4 is 5.32 Å². The van der Waals surface area contributed by atoms with Crippen LogP contribution >= 0.6 is 0 Å². The van der Waals surface area contributed by atoms with Crippen LogP contribution in [-0.2, 0) is 7.05 Å². The van der Waals surface area contributed by atoms with Crippen molar-refractivity contribution in [3.8, 4) is 0 Å². The lowest BCUT2D eigenvalue weighted by atomic mass is 9.95. The molecular weight excluding hydrogens is 226 g/mol. The number of rotatable bonds is 3. The highest BCUT2D eigenvalue weighted by Gasteiger charge is 2.17. The first-order valence-corrected chi connectivity index (χ1v) is 6.62. The number of nitrogens with zero attached hydrogens (tertiary/aromatic N) is 4. The van der Waals surface area contributed by atoms with Crippen LogP contribution in [0.2, 0.25) is 0 Å². The lowest BCUT2D eigenvalue weighted by Gasteiger charge is -2.24. The monoisotopic (exact) mass is 245 g/mol. The molecule has 1 saturated carbocycles. The Morgan fingerprint density at radius 2 is 2.06 bits per heavy atom. The zero-order chi connectivity index (χ0) is 12.4. The van der Waals surface area contributed by atoms with E-state index in [0.29, 0.717) is 6.04 Å². The molecule has 0 radical (unpaired) electrons. The van der Waals surface area contributed by atoms with Gasteiger partial charge in [-0.1, -0.05) is 19.3 Å². The van der Waals surface area contributed by atoms with Crippen LogP contribution in [0.4, 0.5) is 11.8 Å². The molecule has 2 aromatic heterocycles. The van der Waals surface area contributed by atoms with E-state index >= 15 is 0 Å². The van der Waals surface area contributed by atoms with Gasteiger partial charge in [-0.2, -0.15) is 5.10 Å². The van der Waals surface area contributed by atoms with Gasteiger partial charge in [0.2, 0.25) is 5.95 Å². The van der Waals surface area contributed by atoms with Crippen LogP contribution in [0.15, 0.2) is 24.7 Å². The van der Waals surface area contributed by atoms with Gasteiger partial charge in [-0.05, 0) is 12.8 Å². The molecule has 1 aliphatic rings. The van der Waals surface area contributed by atoms with Gasteiger partial charge in [-0.3, -0.25) is 4.68 Å². The molecule has 18 heavy (non-hydrogen) atoms. The third kappa shape index (κ3) is 2.25. The fraction of sp³-hybridized carbons (Fsp3) is 0.538. The summed E-state index contributed by atoms with van der Waals surface area (Å²) < 4.78 is 4.05. The zero-order valence-corrected chi connectivity index (χ0v) is 10.7. The summed E-state index contributed by atoms with van der Waals surface area (Å²) in [7, 11) is 1.92. The molecule has 0 aromatic carbocycles. The van der Waals surface area contributed by atoms with Gasteiger partial charge in [0.05, 0.1) is 0 Å². The van der Waals surface area contributed by atoms with Crippen molar-refractivity contribution in [1.82, 2.24) is 19.3 Å². The van der Waals surface area contributed by atoms with Crippen molar-refractivity contribution in [2.24, 2.45) is 7.05 Å². The maximum Gasteiger partial charge on any atom is 0.208 e. The number of hydrogen-bond donors (Lipinski definition) is 1. The summed E-state index contributed by atoms with van der Waals surface area (Å²) in [6, 6.07) is 2.55. The maximum absolute atomic E-state index is 4.40. The molecule has 2 heterocycles. The van der Waals surface area contributed by atoms with E-state index < -0.39 is 0 Å². The van der Waals surface area contributed by atoms with Crippen molar-refractivity contribution >= 4 is 11.8 Å². The molecule has 1 fully saturated rings. The fourth-order valence-electron chi connectivity index (χ4n) is 2.66. The van der Waals surface area contributed by atoms with E-state index in [4.69, 9.17) is 0 Å². The summed E-state index contributed by atoms with van der Waals surface area (Å²) >= 11 is 0. The van der Waals surface area contributed by atoms with Gasteiger partial charge in [-0.25, -0.2) is 4.98 Å². The van der Waals surface area contributed by atoms with Crippen molar-refractivity contribution in [3.05, 3.63) is 24.7 Å². The van der Waals surface area contributed by atoms with E-state index in [-0.39, 0.29) is 0 Å². The van der Waals surface area contributed by atoms with Crippen LogP contribution in [0.1, 0.15) is 38.1 Å². The molecule has 5 heteroatoms. The Balaban J connectivity index is 1.78. The molecule has 0 bridgehead atoms. The fourth-order valence-corrected chi connectivity index (χ4v) is 2.66. The third-order valence-corrected chi connectivity index (χ3v) is 3.59. The lowest BCUT2D eigenvalue weighted by molar-refractivity contribution is 0.356. The number of anilines is 2. The van der Waals surface area contributed by atoms with Crippen molar-refractivity contribution in [2.45, 2.75) is 38.1 Å². The molecule has 0 unspecified atom stereocenters. The summed E-state index contributed by atoms with van der Waals surface area (Å²) in [5.41, 5.74) is 0. The third-order valence-electron chi connectivity index (χ3n) is 3.59. The van der Waals surface area contributed by atoms with Crippen LogP contribution in [0, 0.1) is 0 Å². The standard InChI is InChI=1S/C13H19N5/c1-17-9-7-12(16-17)15-13-14-8-10-18(13)11-5-3-2-4-6-11/h7-11H,2-6H2,1H3,(H,14,15,16). The molecule has 0 saturated heterocycles. The Morgan fingerprint density at radius 1 is 1.22 bits per heavy atom. The van der Waals surface area contributed by atoms with E-state index in [1.54, 1.807) is 4.68 Å². The lowest BCUT2D eigenvalue weighted by Crippen LogP contribution is -2.14. The molecule has 1 N–H and O–H groups in total. The minimum atomic E-state index is 0.590. The molecule has 0 aliphatic heterocycles. The normalized spacial score (nSPS) is 16.9. The predicted molar refractivity (Wildman–Crippen MR) is 70.8 cm³/mol. The van der Waals surface area contributed by atoms with Crippen molar-refractivity contribution < 1.29 is 0 Å². The van der Waals surface area contributed by atoms with E-state index in [1.807, 2.05) is 25.5 Å². The Bertz CT molecular complexity index is 507. The minimum absolute atomic E-state index is 0.590. The number of aromatic nitrogens is 4. The number of hydrogen-bond acceptors (Lipinski definition) is 3. The largest absolute Gasteiger partial charge is 0.314 e. The highest BCUT2D eigenvalue weighted by atomic mass is 15.3. The molecule has 0 amide bonds. The van der Waals surface area contributed by atoms with E-state index in [2.05, 4.69) is 26.2 Å². The highest BCUT2D eigenvalue weighted by Crippen LogP contribution is 2.30. The predicted octanol–water partition coefficient (Wildman–Crippen LogP) is 2.87. The first-order valence-electron chi connectivity index (χ1n) is 6.62. The van der Waals surface area contributed by atoms with Crippen molar-refractivity contribution in [2.75, 3.05) is 5.32 Å². The second kappa shape index (κ2) is 4.84. The molecule has 96 valence electrons. The molecule has 5 nitrogen and oxygen atoms in total. The van der Waals surface area contributed by atoms with Crippen LogP contribution in [0.3, 0.4) is 0 Å². The zero-order valence-electron chi connectivity index (χ0n) is 10.7. The molecular formula is C13H19N5. The second-order valence-electron chi connectivity index (χ2n) is 4.95. The van der Waals surface area contributed by atoms with Gasteiger partial charge >= 0.3 is 0 Å². The quantitative estimate of drug-likeness (QED) is 0.904. The summed E-state index contributed by atoms with van der Waals surface area (Å²) in [5, 5.41) is 7.61. The van der Waals surface area contributed by atoms with Crippen LogP contribution in [0.5, 0.6) is 0 Å².